The monoisotopic (exact) mass is 216 g/mol. The van der Waals surface area contributed by atoms with Gasteiger partial charge in [-0.25, -0.2) is 5.43 Å². The van der Waals surface area contributed by atoms with Crippen LogP contribution in [0, 0.1) is 19.8 Å². The molecule has 3 nitrogen and oxygen atoms in total. The standard InChI is InChI=1S/C13H16N2O/c1-9-3-4-10(2)12(7-9)8-14-15-13(16)11-5-6-11/h3-4,7-8,11H,5-6H2,1-2H3,(H,15,16)/b14-8+. The summed E-state index contributed by atoms with van der Waals surface area (Å²) in [5, 5.41) is 3.98. The van der Waals surface area contributed by atoms with E-state index in [9.17, 15) is 4.79 Å². The molecule has 1 fully saturated rings. The predicted octanol–water partition coefficient (Wildman–Crippen LogP) is 2.16. The van der Waals surface area contributed by atoms with E-state index < -0.39 is 0 Å². The Balaban J connectivity index is 1.99. The van der Waals surface area contributed by atoms with Crippen molar-refractivity contribution in [1.29, 1.82) is 0 Å². The number of carbonyl (C=O) groups is 1. The molecule has 0 heterocycles. The van der Waals surface area contributed by atoms with Crippen LogP contribution in [0.2, 0.25) is 0 Å². The van der Waals surface area contributed by atoms with Crippen LogP contribution in [-0.4, -0.2) is 12.1 Å². The fraction of sp³-hybridized carbons (Fsp3) is 0.385. The third-order valence-corrected chi connectivity index (χ3v) is 2.76. The van der Waals surface area contributed by atoms with Gasteiger partial charge in [0.05, 0.1) is 6.21 Å². The third-order valence-electron chi connectivity index (χ3n) is 2.76. The number of rotatable bonds is 3. The van der Waals surface area contributed by atoms with Gasteiger partial charge in [-0.3, -0.25) is 4.79 Å². The van der Waals surface area contributed by atoms with Crippen molar-refractivity contribution < 1.29 is 4.79 Å². The maximum atomic E-state index is 11.3. The molecule has 1 aliphatic carbocycles. The zero-order chi connectivity index (χ0) is 11.5. The third kappa shape index (κ3) is 2.69. The van der Waals surface area contributed by atoms with Gasteiger partial charge in [-0.05, 0) is 37.8 Å². The van der Waals surface area contributed by atoms with Gasteiger partial charge in [-0.1, -0.05) is 23.8 Å². The Hall–Kier alpha value is -1.64. The van der Waals surface area contributed by atoms with E-state index in [2.05, 4.69) is 28.7 Å². The van der Waals surface area contributed by atoms with Crippen LogP contribution in [0.5, 0.6) is 0 Å². The lowest BCUT2D eigenvalue weighted by atomic mass is 10.1. The van der Waals surface area contributed by atoms with Crippen molar-refractivity contribution in [2.75, 3.05) is 0 Å². The molecule has 0 aliphatic heterocycles. The van der Waals surface area contributed by atoms with Gasteiger partial charge in [0.1, 0.15) is 0 Å². The molecule has 1 N–H and O–H groups in total. The molecule has 3 heteroatoms. The van der Waals surface area contributed by atoms with Crippen LogP contribution in [0.25, 0.3) is 0 Å². The summed E-state index contributed by atoms with van der Waals surface area (Å²) in [6.45, 7) is 4.07. The second-order valence-electron chi connectivity index (χ2n) is 4.37. The maximum absolute atomic E-state index is 11.3. The van der Waals surface area contributed by atoms with Gasteiger partial charge in [-0.2, -0.15) is 5.10 Å². The number of hydrazone groups is 1. The van der Waals surface area contributed by atoms with E-state index in [1.165, 1.54) is 5.56 Å². The highest BCUT2D eigenvalue weighted by Gasteiger charge is 2.29. The number of benzene rings is 1. The molecule has 84 valence electrons. The maximum Gasteiger partial charge on any atom is 0.243 e. The summed E-state index contributed by atoms with van der Waals surface area (Å²) in [7, 11) is 0. The first-order valence-electron chi connectivity index (χ1n) is 5.57. The van der Waals surface area contributed by atoms with Crippen molar-refractivity contribution in [2.45, 2.75) is 26.7 Å². The van der Waals surface area contributed by atoms with Crippen molar-refractivity contribution in [3.63, 3.8) is 0 Å². The Morgan fingerprint density at radius 2 is 2.19 bits per heavy atom. The van der Waals surface area contributed by atoms with Crippen molar-refractivity contribution in [2.24, 2.45) is 11.0 Å². The molecule has 0 radical (unpaired) electrons. The van der Waals surface area contributed by atoms with Crippen molar-refractivity contribution in [3.8, 4) is 0 Å². The number of carbonyl (C=O) groups excluding carboxylic acids is 1. The van der Waals surface area contributed by atoms with Gasteiger partial charge < -0.3 is 0 Å². The quantitative estimate of drug-likeness (QED) is 0.610. The van der Waals surface area contributed by atoms with E-state index in [-0.39, 0.29) is 11.8 Å². The van der Waals surface area contributed by atoms with E-state index >= 15 is 0 Å². The summed E-state index contributed by atoms with van der Waals surface area (Å²) >= 11 is 0. The normalized spacial score (nSPS) is 15.4. The summed E-state index contributed by atoms with van der Waals surface area (Å²) in [5.74, 6) is 0.248. The van der Waals surface area contributed by atoms with Gasteiger partial charge in [-0.15, -0.1) is 0 Å². The fourth-order valence-corrected chi connectivity index (χ4v) is 1.50. The Morgan fingerprint density at radius 1 is 1.44 bits per heavy atom. The van der Waals surface area contributed by atoms with E-state index in [0.717, 1.165) is 24.0 Å². The summed E-state index contributed by atoms with van der Waals surface area (Å²) in [5.41, 5.74) is 5.98. The lowest BCUT2D eigenvalue weighted by Crippen LogP contribution is -2.19. The average Bonchev–Trinajstić information content (AvgIpc) is 3.06. The average molecular weight is 216 g/mol. The number of aryl methyl sites for hydroxylation is 2. The van der Waals surface area contributed by atoms with Gasteiger partial charge in [0.25, 0.3) is 0 Å². The first-order chi connectivity index (χ1) is 7.66. The molecule has 0 bridgehead atoms. The van der Waals surface area contributed by atoms with Crippen LogP contribution in [-0.2, 0) is 4.79 Å². The molecule has 0 unspecified atom stereocenters. The molecule has 0 spiro atoms. The van der Waals surface area contributed by atoms with Crippen LogP contribution >= 0.6 is 0 Å². The van der Waals surface area contributed by atoms with Gasteiger partial charge >= 0.3 is 0 Å². The molecule has 0 atom stereocenters. The van der Waals surface area contributed by atoms with Crippen LogP contribution < -0.4 is 5.43 Å². The fourth-order valence-electron chi connectivity index (χ4n) is 1.50. The first kappa shape index (κ1) is 10.9. The number of nitrogens with one attached hydrogen (secondary N) is 1. The minimum Gasteiger partial charge on any atom is -0.273 e. The molecule has 1 aliphatic rings. The Morgan fingerprint density at radius 3 is 2.88 bits per heavy atom. The number of hydrogen-bond donors (Lipinski definition) is 1. The van der Waals surface area contributed by atoms with Gasteiger partial charge in [0.15, 0.2) is 0 Å². The van der Waals surface area contributed by atoms with E-state index in [1.54, 1.807) is 6.21 Å². The minimum atomic E-state index is 0.0431. The summed E-state index contributed by atoms with van der Waals surface area (Å²) < 4.78 is 0. The molecule has 16 heavy (non-hydrogen) atoms. The minimum absolute atomic E-state index is 0.0431. The second kappa shape index (κ2) is 4.47. The SMILES string of the molecule is Cc1ccc(C)c(/C=N/NC(=O)C2CC2)c1. The number of amides is 1. The summed E-state index contributed by atoms with van der Waals surface area (Å²) in [6.07, 6.45) is 3.72. The Bertz CT molecular complexity index is 434. The van der Waals surface area contributed by atoms with Crippen molar-refractivity contribution in [1.82, 2.24) is 5.43 Å². The predicted molar refractivity (Wildman–Crippen MR) is 64.4 cm³/mol. The lowest BCUT2D eigenvalue weighted by molar-refractivity contribution is -0.122. The number of nitrogens with zero attached hydrogens (tertiary/aromatic N) is 1. The van der Waals surface area contributed by atoms with Crippen LogP contribution in [0.4, 0.5) is 0 Å². The molecule has 1 saturated carbocycles. The van der Waals surface area contributed by atoms with E-state index in [1.807, 2.05) is 13.8 Å². The largest absolute Gasteiger partial charge is 0.273 e. The van der Waals surface area contributed by atoms with Crippen LogP contribution in [0.1, 0.15) is 29.5 Å². The first-order valence-corrected chi connectivity index (χ1v) is 5.57. The van der Waals surface area contributed by atoms with Gasteiger partial charge in [0, 0.05) is 5.92 Å². The molecule has 2 rings (SSSR count). The second-order valence-corrected chi connectivity index (χ2v) is 4.37. The van der Waals surface area contributed by atoms with E-state index in [0.29, 0.717) is 0 Å². The smallest absolute Gasteiger partial charge is 0.243 e. The Labute approximate surface area is 95.6 Å². The van der Waals surface area contributed by atoms with Crippen molar-refractivity contribution in [3.05, 3.63) is 34.9 Å². The van der Waals surface area contributed by atoms with Crippen LogP contribution in [0.3, 0.4) is 0 Å². The summed E-state index contributed by atoms with van der Waals surface area (Å²) in [6, 6.07) is 6.18. The Kier molecular flexibility index (Phi) is 3.04. The van der Waals surface area contributed by atoms with Crippen LogP contribution in [0.15, 0.2) is 23.3 Å². The topological polar surface area (TPSA) is 41.5 Å². The van der Waals surface area contributed by atoms with Crippen molar-refractivity contribution >= 4 is 12.1 Å². The molecule has 0 saturated heterocycles. The highest BCUT2D eigenvalue weighted by atomic mass is 16.2. The summed E-state index contributed by atoms with van der Waals surface area (Å²) in [4.78, 5) is 11.3. The molecule has 1 aromatic rings. The molecule has 0 aromatic heterocycles. The zero-order valence-corrected chi connectivity index (χ0v) is 9.66. The zero-order valence-electron chi connectivity index (χ0n) is 9.66. The number of hydrogen-bond acceptors (Lipinski definition) is 2. The van der Waals surface area contributed by atoms with E-state index in [4.69, 9.17) is 0 Å². The highest BCUT2D eigenvalue weighted by Crippen LogP contribution is 2.28. The lowest BCUT2D eigenvalue weighted by Gasteiger charge is -2.01. The molecule has 1 aromatic carbocycles. The molecular formula is C13H16N2O. The highest BCUT2D eigenvalue weighted by molar-refractivity contribution is 5.85. The van der Waals surface area contributed by atoms with Gasteiger partial charge in [0.2, 0.25) is 5.91 Å². The molecular weight excluding hydrogens is 200 g/mol. The molecule has 1 amide bonds.